The number of aliphatic hydroxyl groups excluding tert-OH is 1. The molecule has 0 saturated heterocycles. The Kier molecular flexibility index (Phi) is 5.23. The average molecular weight is 258 g/mol. The molecule has 0 aromatic carbocycles. The fourth-order valence-corrected chi connectivity index (χ4v) is 3.26. The highest BCUT2D eigenvalue weighted by Crippen LogP contribution is 2.38. The summed E-state index contributed by atoms with van der Waals surface area (Å²) >= 11 is 0. The smallest absolute Gasteiger partial charge is 0.0590 e. The normalized spacial score (nSPS) is 29.3. The lowest BCUT2D eigenvalue weighted by Crippen LogP contribution is -2.36. The molecule has 1 aliphatic rings. The zero-order valence-electron chi connectivity index (χ0n) is 12.3. The van der Waals surface area contributed by atoms with E-state index in [-0.39, 0.29) is 6.10 Å². The standard InChI is InChI=1S/C14H30O2Si/c1-14(2)7-6-13(15)12(10-14)11-16-8-9-17(3,4)5/h12-13,15H,6-11H2,1-5H3. The van der Waals surface area contributed by atoms with Crippen molar-refractivity contribution in [2.24, 2.45) is 11.3 Å². The summed E-state index contributed by atoms with van der Waals surface area (Å²) in [6.07, 6.45) is 3.03. The van der Waals surface area contributed by atoms with Gasteiger partial charge in [0.15, 0.2) is 0 Å². The summed E-state index contributed by atoms with van der Waals surface area (Å²) in [5.41, 5.74) is 0.381. The third-order valence-electron chi connectivity index (χ3n) is 3.80. The highest BCUT2D eigenvalue weighted by atomic mass is 28.3. The van der Waals surface area contributed by atoms with E-state index >= 15 is 0 Å². The van der Waals surface area contributed by atoms with Gasteiger partial charge in [-0.25, -0.2) is 0 Å². The maximum Gasteiger partial charge on any atom is 0.0590 e. The first-order valence-corrected chi connectivity index (χ1v) is 10.7. The molecule has 0 amide bonds. The predicted molar refractivity (Wildman–Crippen MR) is 76.1 cm³/mol. The van der Waals surface area contributed by atoms with E-state index in [1.54, 1.807) is 0 Å². The second kappa shape index (κ2) is 5.85. The van der Waals surface area contributed by atoms with Gasteiger partial charge in [0.05, 0.1) is 12.7 Å². The molecule has 2 nitrogen and oxygen atoms in total. The van der Waals surface area contributed by atoms with Crippen molar-refractivity contribution in [2.45, 2.75) is 64.9 Å². The molecule has 0 aliphatic heterocycles. The third-order valence-corrected chi connectivity index (χ3v) is 5.51. The van der Waals surface area contributed by atoms with Crippen molar-refractivity contribution in [1.82, 2.24) is 0 Å². The molecule has 0 radical (unpaired) electrons. The number of hydrogen-bond acceptors (Lipinski definition) is 2. The zero-order chi connectivity index (χ0) is 13.1. The first-order valence-electron chi connectivity index (χ1n) is 6.95. The molecule has 1 fully saturated rings. The maximum absolute atomic E-state index is 9.99. The molecule has 0 spiro atoms. The molecule has 1 rings (SSSR count). The van der Waals surface area contributed by atoms with Crippen LogP contribution in [0.1, 0.15) is 33.1 Å². The first-order chi connectivity index (χ1) is 7.70. The predicted octanol–water partition coefficient (Wildman–Crippen LogP) is 3.53. The Labute approximate surface area is 108 Å². The minimum absolute atomic E-state index is 0.144. The Bertz CT molecular complexity index is 233. The highest BCUT2D eigenvalue weighted by molar-refractivity contribution is 6.76. The van der Waals surface area contributed by atoms with Gasteiger partial charge in [-0.2, -0.15) is 0 Å². The van der Waals surface area contributed by atoms with E-state index < -0.39 is 8.07 Å². The molecule has 1 aliphatic carbocycles. The minimum Gasteiger partial charge on any atom is -0.393 e. The molecular formula is C14H30O2Si. The molecule has 2 unspecified atom stereocenters. The quantitative estimate of drug-likeness (QED) is 0.604. The Morgan fingerprint density at radius 1 is 1.29 bits per heavy atom. The summed E-state index contributed by atoms with van der Waals surface area (Å²) in [6.45, 7) is 13.3. The summed E-state index contributed by atoms with van der Waals surface area (Å²) in [5, 5.41) is 9.99. The summed E-state index contributed by atoms with van der Waals surface area (Å²) < 4.78 is 5.79. The minimum atomic E-state index is -0.977. The van der Waals surface area contributed by atoms with Crippen LogP contribution in [0.25, 0.3) is 0 Å². The van der Waals surface area contributed by atoms with Gasteiger partial charge in [-0.3, -0.25) is 0 Å². The molecule has 0 heterocycles. The first kappa shape index (κ1) is 15.2. The fourth-order valence-electron chi connectivity index (χ4n) is 2.51. The van der Waals surface area contributed by atoms with Crippen molar-refractivity contribution in [2.75, 3.05) is 13.2 Å². The molecular weight excluding hydrogens is 228 g/mol. The summed E-state index contributed by atoms with van der Waals surface area (Å²) in [6, 6.07) is 1.22. The highest BCUT2D eigenvalue weighted by Gasteiger charge is 2.33. The van der Waals surface area contributed by atoms with Crippen LogP contribution in [0.4, 0.5) is 0 Å². The number of aliphatic hydroxyl groups is 1. The number of hydrogen-bond donors (Lipinski definition) is 1. The van der Waals surface area contributed by atoms with Crippen LogP contribution in [0.5, 0.6) is 0 Å². The monoisotopic (exact) mass is 258 g/mol. The van der Waals surface area contributed by atoms with E-state index in [0.717, 1.165) is 32.5 Å². The Morgan fingerprint density at radius 3 is 2.53 bits per heavy atom. The molecule has 1 saturated carbocycles. The van der Waals surface area contributed by atoms with Gasteiger partial charge in [-0.1, -0.05) is 33.5 Å². The number of rotatable bonds is 5. The Morgan fingerprint density at radius 2 is 1.94 bits per heavy atom. The van der Waals surface area contributed by atoms with Gasteiger partial charge in [0.25, 0.3) is 0 Å². The van der Waals surface area contributed by atoms with Crippen molar-refractivity contribution in [3.8, 4) is 0 Å². The van der Waals surface area contributed by atoms with Gasteiger partial charge in [-0.05, 0) is 30.7 Å². The van der Waals surface area contributed by atoms with Gasteiger partial charge in [0.1, 0.15) is 0 Å². The van der Waals surface area contributed by atoms with Crippen molar-refractivity contribution >= 4 is 8.07 Å². The van der Waals surface area contributed by atoms with Gasteiger partial charge in [0, 0.05) is 20.6 Å². The Balaban J connectivity index is 2.26. The van der Waals surface area contributed by atoms with Crippen LogP contribution in [-0.4, -0.2) is 32.5 Å². The molecule has 3 heteroatoms. The lowest BCUT2D eigenvalue weighted by molar-refractivity contribution is -0.0243. The van der Waals surface area contributed by atoms with Crippen molar-refractivity contribution in [3.05, 3.63) is 0 Å². The van der Waals surface area contributed by atoms with E-state index in [2.05, 4.69) is 33.5 Å². The van der Waals surface area contributed by atoms with E-state index in [9.17, 15) is 5.11 Å². The van der Waals surface area contributed by atoms with Crippen LogP contribution >= 0.6 is 0 Å². The van der Waals surface area contributed by atoms with Gasteiger partial charge < -0.3 is 9.84 Å². The topological polar surface area (TPSA) is 29.5 Å². The van der Waals surface area contributed by atoms with Crippen LogP contribution in [0, 0.1) is 11.3 Å². The fraction of sp³-hybridized carbons (Fsp3) is 1.00. The lowest BCUT2D eigenvalue weighted by Gasteiger charge is -2.38. The van der Waals surface area contributed by atoms with E-state index in [1.807, 2.05) is 0 Å². The van der Waals surface area contributed by atoms with Gasteiger partial charge in [0.2, 0.25) is 0 Å². The third kappa shape index (κ3) is 6.02. The molecule has 102 valence electrons. The van der Waals surface area contributed by atoms with Crippen LogP contribution < -0.4 is 0 Å². The largest absolute Gasteiger partial charge is 0.393 e. The SMILES string of the molecule is CC1(C)CCC(O)C(COCC[Si](C)(C)C)C1. The van der Waals surface area contributed by atoms with Gasteiger partial charge >= 0.3 is 0 Å². The second-order valence-corrected chi connectivity index (χ2v) is 13.2. The maximum atomic E-state index is 9.99. The van der Waals surface area contributed by atoms with Crippen LogP contribution in [0.2, 0.25) is 25.7 Å². The van der Waals surface area contributed by atoms with Crippen LogP contribution in [0.15, 0.2) is 0 Å². The summed E-state index contributed by atoms with van der Waals surface area (Å²) in [4.78, 5) is 0. The van der Waals surface area contributed by atoms with Crippen LogP contribution in [0.3, 0.4) is 0 Å². The van der Waals surface area contributed by atoms with E-state index in [0.29, 0.717) is 11.3 Å². The van der Waals surface area contributed by atoms with Crippen LogP contribution in [-0.2, 0) is 4.74 Å². The summed E-state index contributed by atoms with van der Waals surface area (Å²) in [7, 11) is -0.977. The average Bonchev–Trinajstić information content (AvgIpc) is 2.16. The van der Waals surface area contributed by atoms with Crippen molar-refractivity contribution in [1.29, 1.82) is 0 Å². The molecule has 0 bridgehead atoms. The van der Waals surface area contributed by atoms with Crippen molar-refractivity contribution in [3.63, 3.8) is 0 Å². The molecule has 0 aromatic heterocycles. The van der Waals surface area contributed by atoms with Gasteiger partial charge in [-0.15, -0.1) is 0 Å². The number of ether oxygens (including phenoxy) is 1. The second-order valence-electron chi connectivity index (χ2n) is 7.62. The summed E-state index contributed by atoms with van der Waals surface area (Å²) in [5.74, 6) is 0.348. The lowest BCUT2D eigenvalue weighted by atomic mass is 9.71. The van der Waals surface area contributed by atoms with E-state index in [1.165, 1.54) is 6.04 Å². The van der Waals surface area contributed by atoms with E-state index in [4.69, 9.17) is 4.74 Å². The molecule has 2 atom stereocenters. The molecule has 1 N–H and O–H groups in total. The molecule has 0 aromatic rings. The Hall–Kier alpha value is 0.137. The van der Waals surface area contributed by atoms with Crippen molar-refractivity contribution < 1.29 is 9.84 Å². The zero-order valence-corrected chi connectivity index (χ0v) is 13.3. The molecule has 17 heavy (non-hydrogen) atoms.